The minimum atomic E-state index is 0.124. The molecule has 1 unspecified atom stereocenters. The van der Waals surface area contributed by atoms with E-state index in [0.29, 0.717) is 24.8 Å². The Morgan fingerprint density at radius 2 is 2.12 bits per heavy atom. The minimum absolute atomic E-state index is 0.124. The first kappa shape index (κ1) is 18.6. The van der Waals surface area contributed by atoms with Gasteiger partial charge in [0.25, 0.3) is 0 Å². The van der Waals surface area contributed by atoms with Gasteiger partial charge < -0.3 is 10.6 Å². The fourth-order valence-corrected chi connectivity index (χ4v) is 3.65. The maximum absolute atomic E-state index is 12.2. The van der Waals surface area contributed by atoms with Crippen LogP contribution in [0.4, 0.5) is 0 Å². The van der Waals surface area contributed by atoms with Crippen LogP contribution in [0.15, 0.2) is 24.4 Å². The van der Waals surface area contributed by atoms with Gasteiger partial charge in [-0.25, -0.2) is 9.67 Å². The van der Waals surface area contributed by atoms with E-state index in [0.717, 1.165) is 35.9 Å². The fraction of sp³-hybridized carbons (Fsp3) is 0.550. The molecule has 1 saturated heterocycles. The molecule has 0 saturated carbocycles. The van der Waals surface area contributed by atoms with Crippen molar-refractivity contribution >= 4 is 5.91 Å². The average Bonchev–Trinajstić information content (AvgIpc) is 2.99. The second-order valence-electron chi connectivity index (χ2n) is 7.41. The van der Waals surface area contributed by atoms with Crippen LogP contribution in [-0.2, 0) is 11.3 Å². The highest BCUT2D eigenvalue weighted by molar-refractivity contribution is 5.76. The van der Waals surface area contributed by atoms with Gasteiger partial charge in [0.15, 0.2) is 5.82 Å². The monoisotopic (exact) mass is 355 g/mol. The molecule has 1 atom stereocenters. The molecule has 26 heavy (non-hydrogen) atoms. The van der Waals surface area contributed by atoms with Crippen LogP contribution in [0.25, 0.3) is 5.82 Å². The molecule has 0 aliphatic carbocycles. The van der Waals surface area contributed by atoms with Crippen LogP contribution in [0.3, 0.4) is 0 Å². The van der Waals surface area contributed by atoms with E-state index in [-0.39, 0.29) is 5.91 Å². The van der Waals surface area contributed by atoms with Crippen molar-refractivity contribution in [1.29, 1.82) is 0 Å². The first-order valence-electron chi connectivity index (χ1n) is 9.49. The molecule has 140 valence electrons. The van der Waals surface area contributed by atoms with Gasteiger partial charge in [0.05, 0.1) is 5.69 Å². The van der Waals surface area contributed by atoms with Gasteiger partial charge in [-0.15, -0.1) is 0 Å². The molecule has 3 rings (SSSR count). The Labute approximate surface area is 155 Å². The highest BCUT2D eigenvalue weighted by atomic mass is 16.1. The lowest BCUT2D eigenvalue weighted by Gasteiger charge is -2.27. The van der Waals surface area contributed by atoms with Gasteiger partial charge >= 0.3 is 0 Å². The van der Waals surface area contributed by atoms with Crippen molar-refractivity contribution < 1.29 is 4.79 Å². The highest BCUT2D eigenvalue weighted by Crippen LogP contribution is 2.24. The topological polar surface area (TPSA) is 71.8 Å². The normalized spacial score (nSPS) is 16.4. The summed E-state index contributed by atoms with van der Waals surface area (Å²) >= 11 is 0. The third-order valence-electron chi connectivity index (χ3n) is 5.22. The van der Waals surface area contributed by atoms with Crippen LogP contribution in [0, 0.1) is 25.7 Å². The average molecular weight is 355 g/mol. The first-order chi connectivity index (χ1) is 12.5. The van der Waals surface area contributed by atoms with Gasteiger partial charge in [0.1, 0.15) is 0 Å². The summed E-state index contributed by atoms with van der Waals surface area (Å²) in [6.07, 6.45) is 4.75. The van der Waals surface area contributed by atoms with Gasteiger partial charge in [-0.3, -0.25) is 4.79 Å². The summed E-state index contributed by atoms with van der Waals surface area (Å²) in [4.78, 5) is 16.7. The van der Waals surface area contributed by atoms with Crippen molar-refractivity contribution in [2.24, 2.45) is 11.8 Å². The van der Waals surface area contributed by atoms with Crippen LogP contribution < -0.4 is 10.6 Å². The molecule has 2 aromatic heterocycles. The van der Waals surface area contributed by atoms with Gasteiger partial charge in [0.2, 0.25) is 5.91 Å². The number of aromatic nitrogens is 3. The Kier molecular flexibility index (Phi) is 6.04. The standard InChI is InChI=1S/C20H29N5O/c1-14(18-6-8-21-9-7-18)10-20(26)23-13-17-4-5-19(22-12-17)25-16(3)11-15(2)24-25/h4-5,11-12,14,18,21H,6-10,13H2,1-3H3,(H,23,26). The number of nitrogens with zero attached hydrogens (tertiary/aromatic N) is 3. The number of hydrogen-bond acceptors (Lipinski definition) is 4. The van der Waals surface area contributed by atoms with E-state index in [1.54, 1.807) is 0 Å². The minimum Gasteiger partial charge on any atom is -0.352 e. The zero-order chi connectivity index (χ0) is 18.5. The summed E-state index contributed by atoms with van der Waals surface area (Å²) < 4.78 is 1.83. The number of rotatable bonds is 6. The van der Waals surface area contributed by atoms with Crippen molar-refractivity contribution in [1.82, 2.24) is 25.4 Å². The zero-order valence-electron chi connectivity index (χ0n) is 16.0. The molecule has 0 spiro atoms. The summed E-state index contributed by atoms with van der Waals surface area (Å²) in [5, 5.41) is 10.8. The second kappa shape index (κ2) is 8.45. The van der Waals surface area contributed by atoms with Gasteiger partial charge in [-0.2, -0.15) is 5.10 Å². The van der Waals surface area contributed by atoms with E-state index in [1.807, 2.05) is 42.9 Å². The summed E-state index contributed by atoms with van der Waals surface area (Å²) in [6, 6.07) is 5.97. The molecule has 2 aromatic rings. The van der Waals surface area contributed by atoms with Crippen LogP contribution in [-0.4, -0.2) is 33.8 Å². The number of carbonyl (C=O) groups excluding carboxylic acids is 1. The molecule has 2 N–H and O–H groups in total. The van der Waals surface area contributed by atoms with E-state index >= 15 is 0 Å². The number of pyridine rings is 1. The Morgan fingerprint density at radius 3 is 2.73 bits per heavy atom. The van der Waals surface area contributed by atoms with E-state index in [9.17, 15) is 4.79 Å². The Bertz CT molecular complexity index is 731. The maximum atomic E-state index is 12.2. The van der Waals surface area contributed by atoms with Crippen molar-refractivity contribution in [3.8, 4) is 5.82 Å². The predicted molar refractivity (Wildman–Crippen MR) is 102 cm³/mol. The number of amides is 1. The molecule has 1 aliphatic heterocycles. The molecule has 6 nitrogen and oxygen atoms in total. The smallest absolute Gasteiger partial charge is 0.220 e. The summed E-state index contributed by atoms with van der Waals surface area (Å²) in [6.45, 7) is 8.84. The van der Waals surface area contributed by atoms with E-state index < -0.39 is 0 Å². The molecule has 1 fully saturated rings. The Morgan fingerprint density at radius 1 is 1.35 bits per heavy atom. The zero-order valence-corrected chi connectivity index (χ0v) is 16.0. The molecule has 6 heteroatoms. The quantitative estimate of drug-likeness (QED) is 0.835. The molecule has 0 bridgehead atoms. The lowest BCUT2D eigenvalue weighted by Crippen LogP contribution is -2.33. The molecule has 3 heterocycles. The maximum Gasteiger partial charge on any atom is 0.220 e. The summed E-state index contributed by atoms with van der Waals surface area (Å²) in [5.74, 6) is 2.01. The van der Waals surface area contributed by atoms with Gasteiger partial charge in [0, 0.05) is 24.9 Å². The van der Waals surface area contributed by atoms with Crippen LogP contribution in [0.1, 0.15) is 43.1 Å². The fourth-order valence-electron chi connectivity index (χ4n) is 3.65. The number of carbonyl (C=O) groups is 1. The molecular weight excluding hydrogens is 326 g/mol. The number of piperidine rings is 1. The third kappa shape index (κ3) is 4.69. The molecule has 0 radical (unpaired) electrons. The Balaban J connectivity index is 1.50. The van der Waals surface area contributed by atoms with Crippen LogP contribution in [0.5, 0.6) is 0 Å². The van der Waals surface area contributed by atoms with Crippen molar-refractivity contribution in [2.75, 3.05) is 13.1 Å². The second-order valence-corrected chi connectivity index (χ2v) is 7.41. The Hall–Kier alpha value is -2.21. The number of aryl methyl sites for hydroxylation is 2. The van der Waals surface area contributed by atoms with Gasteiger partial charge in [-0.1, -0.05) is 13.0 Å². The lowest BCUT2D eigenvalue weighted by molar-refractivity contribution is -0.122. The predicted octanol–water partition coefficient (Wildman–Crippen LogP) is 2.53. The van der Waals surface area contributed by atoms with Crippen molar-refractivity contribution in [2.45, 2.75) is 46.6 Å². The summed E-state index contributed by atoms with van der Waals surface area (Å²) in [5.41, 5.74) is 3.03. The van der Waals surface area contributed by atoms with Crippen LogP contribution in [0.2, 0.25) is 0 Å². The van der Waals surface area contributed by atoms with Crippen LogP contribution >= 0.6 is 0 Å². The molecular formula is C20H29N5O. The SMILES string of the molecule is Cc1cc(C)n(-c2ccc(CNC(=O)CC(C)C3CCNCC3)cn2)n1. The molecule has 0 aromatic carbocycles. The van der Waals surface area contributed by atoms with E-state index in [2.05, 4.69) is 27.6 Å². The molecule has 1 amide bonds. The largest absolute Gasteiger partial charge is 0.352 e. The highest BCUT2D eigenvalue weighted by Gasteiger charge is 2.21. The number of hydrogen-bond donors (Lipinski definition) is 2. The van der Waals surface area contributed by atoms with Crippen molar-refractivity contribution in [3.05, 3.63) is 41.3 Å². The third-order valence-corrected chi connectivity index (χ3v) is 5.22. The molecule has 1 aliphatic rings. The van der Waals surface area contributed by atoms with Crippen molar-refractivity contribution in [3.63, 3.8) is 0 Å². The first-order valence-corrected chi connectivity index (χ1v) is 9.49. The van der Waals surface area contributed by atoms with E-state index in [1.165, 1.54) is 12.8 Å². The lowest BCUT2D eigenvalue weighted by atomic mass is 9.84. The summed E-state index contributed by atoms with van der Waals surface area (Å²) in [7, 11) is 0. The van der Waals surface area contributed by atoms with Gasteiger partial charge in [-0.05, 0) is 69.3 Å². The number of nitrogens with one attached hydrogen (secondary N) is 2. The van der Waals surface area contributed by atoms with E-state index in [4.69, 9.17) is 0 Å².